The molecule has 0 aliphatic rings. The molecule has 4 N–H and O–H groups in total. The van der Waals surface area contributed by atoms with Gasteiger partial charge in [0, 0.05) is 12.2 Å². The molecule has 1 aromatic rings. The lowest BCUT2D eigenvalue weighted by atomic mass is 10.2. The monoisotopic (exact) mass is 229 g/mol. The molecular weight excluding hydrogens is 217 g/mol. The Morgan fingerprint density at radius 2 is 2.19 bits per heavy atom. The van der Waals surface area contributed by atoms with Gasteiger partial charge in [0.05, 0.1) is 18.3 Å². The Morgan fingerprint density at radius 3 is 2.69 bits per heavy atom. The summed E-state index contributed by atoms with van der Waals surface area (Å²) in [6.07, 6.45) is -0.942. The molecule has 1 unspecified atom stereocenters. The van der Waals surface area contributed by atoms with Crippen LogP contribution in [-0.4, -0.2) is 40.5 Å². The van der Waals surface area contributed by atoms with E-state index in [0.29, 0.717) is 5.69 Å². The summed E-state index contributed by atoms with van der Waals surface area (Å²) in [6.45, 7) is -0.342. The summed E-state index contributed by atoms with van der Waals surface area (Å²) in [6, 6.07) is 3.54. The first-order valence-electron chi connectivity index (χ1n) is 4.60. The maximum Gasteiger partial charge on any atom is 0.338 e. The first-order chi connectivity index (χ1) is 7.54. The fourth-order valence-corrected chi connectivity index (χ4v) is 1.10. The van der Waals surface area contributed by atoms with Gasteiger partial charge in [-0.3, -0.25) is 0 Å². The number of halogens is 1. The second-order valence-electron chi connectivity index (χ2n) is 3.22. The molecule has 6 heteroatoms. The van der Waals surface area contributed by atoms with E-state index in [0.717, 1.165) is 12.1 Å². The van der Waals surface area contributed by atoms with Gasteiger partial charge in [0.1, 0.15) is 5.82 Å². The van der Waals surface area contributed by atoms with Gasteiger partial charge in [-0.15, -0.1) is 0 Å². The fourth-order valence-electron chi connectivity index (χ4n) is 1.10. The molecule has 0 aliphatic carbocycles. The number of anilines is 1. The van der Waals surface area contributed by atoms with Gasteiger partial charge in [-0.05, 0) is 18.2 Å². The Balaban J connectivity index is 2.70. The second-order valence-corrected chi connectivity index (χ2v) is 3.22. The molecule has 0 spiro atoms. The SMILES string of the molecule is O=C(O)c1ccc(NCC(O)CO)cc1F. The normalized spacial score (nSPS) is 12.2. The standard InChI is InChI=1S/C10H12FNO4/c11-9-3-6(12-4-7(14)5-13)1-2-8(9)10(15)16/h1-3,7,12-14H,4-5H2,(H,15,16). The van der Waals surface area contributed by atoms with Crippen molar-refractivity contribution in [3.05, 3.63) is 29.6 Å². The van der Waals surface area contributed by atoms with E-state index in [9.17, 15) is 9.18 Å². The van der Waals surface area contributed by atoms with Crippen LogP contribution in [-0.2, 0) is 0 Å². The summed E-state index contributed by atoms with van der Waals surface area (Å²) in [4.78, 5) is 10.5. The Bertz CT molecular complexity index is 383. The Hall–Kier alpha value is -1.66. The molecule has 1 atom stereocenters. The molecule has 0 amide bonds. The van der Waals surface area contributed by atoms with Gasteiger partial charge in [-0.25, -0.2) is 9.18 Å². The average molecular weight is 229 g/mol. The number of aliphatic hydroxyl groups excluding tert-OH is 2. The predicted octanol–water partition coefficient (Wildman–Crippen LogP) is 0.289. The zero-order chi connectivity index (χ0) is 12.1. The van der Waals surface area contributed by atoms with Crippen LogP contribution in [0.2, 0.25) is 0 Å². The van der Waals surface area contributed by atoms with E-state index in [-0.39, 0.29) is 6.54 Å². The van der Waals surface area contributed by atoms with Crippen molar-refractivity contribution in [2.75, 3.05) is 18.5 Å². The molecule has 0 saturated heterocycles. The van der Waals surface area contributed by atoms with Gasteiger partial charge in [0.25, 0.3) is 0 Å². The first-order valence-corrected chi connectivity index (χ1v) is 4.60. The molecule has 5 nitrogen and oxygen atoms in total. The Kier molecular flexibility index (Phi) is 4.21. The Morgan fingerprint density at radius 1 is 1.50 bits per heavy atom. The van der Waals surface area contributed by atoms with Crippen LogP contribution in [0, 0.1) is 5.82 Å². The summed E-state index contributed by atoms with van der Waals surface area (Å²) < 4.78 is 13.2. The van der Waals surface area contributed by atoms with Crippen LogP contribution >= 0.6 is 0 Å². The fraction of sp³-hybridized carbons (Fsp3) is 0.300. The number of hydrogen-bond acceptors (Lipinski definition) is 4. The molecule has 88 valence electrons. The van der Waals surface area contributed by atoms with Crippen LogP contribution in [0.15, 0.2) is 18.2 Å². The smallest absolute Gasteiger partial charge is 0.338 e. The number of aromatic carboxylic acids is 1. The highest BCUT2D eigenvalue weighted by atomic mass is 19.1. The van der Waals surface area contributed by atoms with Crippen molar-refractivity contribution in [2.24, 2.45) is 0 Å². The van der Waals surface area contributed by atoms with Crippen LogP contribution in [0.3, 0.4) is 0 Å². The number of carboxylic acids is 1. The van der Waals surface area contributed by atoms with E-state index in [1.165, 1.54) is 6.07 Å². The molecule has 0 fully saturated rings. The van der Waals surface area contributed by atoms with Crippen LogP contribution < -0.4 is 5.32 Å². The zero-order valence-electron chi connectivity index (χ0n) is 8.35. The summed E-state index contributed by atoms with van der Waals surface area (Å²) in [7, 11) is 0. The molecular formula is C10H12FNO4. The molecule has 0 bridgehead atoms. The number of benzene rings is 1. The number of aliphatic hydroxyl groups is 2. The van der Waals surface area contributed by atoms with Crippen LogP contribution in [0.25, 0.3) is 0 Å². The van der Waals surface area contributed by atoms with Crippen LogP contribution in [0.1, 0.15) is 10.4 Å². The molecule has 0 saturated carbocycles. The van der Waals surface area contributed by atoms with Gasteiger partial charge >= 0.3 is 5.97 Å². The quantitative estimate of drug-likeness (QED) is 0.582. The number of hydrogen-bond donors (Lipinski definition) is 4. The second kappa shape index (κ2) is 5.43. The van der Waals surface area contributed by atoms with Crippen LogP contribution in [0.4, 0.5) is 10.1 Å². The average Bonchev–Trinajstić information content (AvgIpc) is 2.25. The van der Waals surface area contributed by atoms with E-state index < -0.39 is 30.1 Å². The molecule has 0 radical (unpaired) electrons. The van der Waals surface area contributed by atoms with Crippen molar-refractivity contribution < 1.29 is 24.5 Å². The number of nitrogens with one attached hydrogen (secondary N) is 1. The van der Waals surface area contributed by atoms with Gasteiger partial charge in [0.15, 0.2) is 0 Å². The molecule has 1 aromatic carbocycles. The summed E-state index contributed by atoms with van der Waals surface area (Å²) in [5.41, 5.74) is -0.0664. The third-order valence-corrected chi connectivity index (χ3v) is 1.95. The number of carbonyl (C=O) groups is 1. The van der Waals surface area contributed by atoms with Gasteiger partial charge in [-0.1, -0.05) is 0 Å². The van der Waals surface area contributed by atoms with E-state index in [1.807, 2.05) is 0 Å². The van der Waals surface area contributed by atoms with E-state index >= 15 is 0 Å². The number of carboxylic acid groups (broad SMARTS) is 1. The summed E-state index contributed by atoms with van der Waals surface area (Å²) in [5.74, 6) is -2.18. The third-order valence-electron chi connectivity index (χ3n) is 1.95. The van der Waals surface area contributed by atoms with Crippen molar-refractivity contribution in [3.8, 4) is 0 Å². The van der Waals surface area contributed by atoms with Gasteiger partial charge in [0.2, 0.25) is 0 Å². The zero-order valence-corrected chi connectivity index (χ0v) is 8.35. The lowest BCUT2D eigenvalue weighted by molar-refractivity contribution is 0.0692. The van der Waals surface area contributed by atoms with Gasteiger partial charge < -0.3 is 20.6 Å². The summed E-state index contributed by atoms with van der Waals surface area (Å²) >= 11 is 0. The van der Waals surface area contributed by atoms with Crippen molar-refractivity contribution in [1.82, 2.24) is 0 Å². The van der Waals surface area contributed by atoms with Gasteiger partial charge in [-0.2, -0.15) is 0 Å². The van der Waals surface area contributed by atoms with E-state index in [2.05, 4.69) is 5.32 Å². The first kappa shape index (κ1) is 12.4. The minimum Gasteiger partial charge on any atom is -0.478 e. The minimum absolute atomic E-state index is 0.0579. The maximum atomic E-state index is 13.2. The summed E-state index contributed by atoms with van der Waals surface area (Å²) in [5, 5.41) is 28.8. The number of rotatable bonds is 5. The molecule has 16 heavy (non-hydrogen) atoms. The van der Waals surface area contributed by atoms with Crippen molar-refractivity contribution in [2.45, 2.75) is 6.10 Å². The van der Waals surface area contributed by atoms with E-state index in [4.69, 9.17) is 15.3 Å². The van der Waals surface area contributed by atoms with Crippen molar-refractivity contribution in [1.29, 1.82) is 0 Å². The van der Waals surface area contributed by atoms with Crippen molar-refractivity contribution in [3.63, 3.8) is 0 Å². The maximum absolute atomic E-state index is 13.2. The Labute approximate surface area is 91.2 Å². The molecule has 0 aromatic heterocycles. The predicted molar refractivity (Wildman–Crippen MR) is 54.9 cm³/mol. The van der Waals surface area contributed by atoms with Crippen LogP contribution in [0.5, 0.6) is 0 Å². The molecule has 0 aliphatic heterocycles. The molecule has 1 rings (SSSR count). The lowest BCUT2D eigenvalue weighted by Crippen LogP contribution is -2.23. The molecule has 0 heterocycles. The minimum atomic E-state index is -1.33. The largest absolute Gasteiger partial charge is 0.478 e. The lowest BCUT2D eigenvalue weighted by Gasteiger charge is -2.10. The third kappa shape index (κ3) is 3.18. The highest BCUT2D eigenvalue weighted by Gasteiger charge is 2.10. The van der Waals surface area contributed by atoms with E-state index in [1.54, 1.807) is 0 Å². The highest BCUT2D eigenvalue weighted by molar-refractivity contribution is 5.88. The topological polar surface area (TPSA) is 89.8 Å². The highest BCUT2D eigenvalue weighted by Crippen LogP contribution is 2.14. The van der Waals surface area contributed by atoms with Crippen molar-refractivity contribution >= 4 is 11.7 Å².